The largest absolute Gasteiger partial charge is 0.491 e. The molecule has 4 heteroatoms. The summed E-state index contributed by atoms with van der Waals surface area (Å²) in [6, 6.07) is 17.1. The highest BCUT2D eigenvalue weighted by Gasteiger charge is 2.16. The van der Waals surface area contributed by atoms with Crippen LogP contribution in [0.15, 0.2) is 59.1 Å². The van der Waals surface area contributed by atoms with Gasteiger partial charge >= 0.3 is 0 Å². The molecule has 3 N–H and O–H groups in total. The first kappa shape index (κ1) is 15.0. The summed E-state index contributed by atoms with van der Waals surface area (Å²) in [5.41, 5.74) is 7.12. The lowest BCUT2D eigenvalue weighted by Gasteiger charge is -2.19. The van der Waals surface area contributed by atoms with Gasteiger partial charge in [-0.2, -0.15) is 0 Å². The normalized spacial score (nSPS) is 13.8. The number of aliphatic hydroxyl groups is 1. The molecule has 0 heterocycles. The maximum Gasteiger partial charge on any atom is 0.120 e. The van der Waals surface area contributed by atoms with Gasteiger partial charge in [0.05, 0.1) is 0 Å². The minimum Gasteiger partial charge on any atom is -0.491 e. The molecular formula is C16H18BrNO2. The van der Waals surface area contributed by atoms with Crippen LogP contribution in [0.1, 0.15) is 5.56 Å². The van der Waals surface area contributed by atoms with E-state index in [4.69, 9.17) is 10.5 Å². The SMILES string of the molecule is NC(Cc1ccccc1)C(O)COc1cccc(Br)c1. The molecule has 0 spiro atoms. The molecule has 0 bridgehead atoms. The third kappa shape index (κ3) is 4.63. The van der Waals surface area contributed by atoms with Crippen LogP contribution in [0, 0.1) is 0 Å². The highest BCUT2D eigenvalue weighted by atomic mass is 79.9. The van der Waals surface area contributed by atoms with Crippen molar-refractivity contribution < 1.29 is 9.84 Å². The standard InChI is InChI=1S/C16H18BrNO2/c17-13-7-4-8-14(10-13)20-11-16(19)15(18)9-12-5-2-1-3-6-12/h1-8,10,15-16,19H,9,11,18H2. The van der Waals surface area contributed by atoms with E-state index in [0.29, 0.717) is 12.2 Å². The Morgan fingerprint density at radius 1 is 1.10 bits per heavy atom. The van der Waals surface area contributed by atoms with Crippen LogP contribution < -0.4 is 10.5 Å². The number of hydrogen-bond donors (Lipinski definition) is 2. The zero-order chi connectivity index (χ0) is 14.4. The van der Waals surface area contributed by atoms with Crippen molar-refractivity contribution >= 4 is 15.9 Å². The molecule has 3 nitrogen and oxygen atoms in total. The summed E-state index contributed by atoms with van der Waals surface area (Å²) in [5.74, 6) is 0.713. The Morgan fingerprint density at radius 2 is 1.85 bits per heavy atom. The quantitative estimate of drug-likeness (QED) is 0.853. The summed E-state index contributed by atoms with van der Waals surface area (Å²) >= 11 is 3.38. The zero-order valence-electron chi connectivity index (χ0n) is 11.1. The van der Waals surface area contributed by atoms with Crippen molar-refractivity contribution in [2.45, 2.75) is 18.6 Å². The molecule has 0 fully saturated rings. The Labute approximate surface area is 127 Å². The van der Waals surface area contributed by atoms with Gasteiger partial charge in [0.15, 0.2) is 0 Å². The van der Waals surface area contributed by atoms with Crippen molar-refractivity contribution in [2.75, 3.05) is 6.61 Å². The summed E-state index contributed by atoms with van der Waals surface area (Å²) in [5, 5.41) is 10.0. The van der Waals surface area contributed by atoms with Crippen LogP contribution in [0.2, 0.25) is 0 Å². The van der Waals surface area contributed by atoms with Crippen molar-refractivity contribution in [2.24, 2.45) is 5.73 Å². The summed E-state index contributed by atoms with van der Waals surface area (Å²) < 4.78 is 6.49. The molecular weight excluding hydrogens is 318 g/mol. The van der Waals surface area contributed by atoms with Crippen molar-refractivity contribution in [3.63, 3.8) is 0 Å². The summed E-state index contributed by atoms with van der Waals surface area (Å²) in [6.07, 6.45) is -0.0710. The van der Waals surface area contributed by atoms with Crippen LogP contribution in [-0.2, 0) is 6.42 Å². The fourth-order valence-electron chi connectivity index (χ4n) is 1.88. The molecule has 0 radical (unpaired) electrons. The van der Waals surface area contributed by atoms with Crippen LogP contribution in [0.3, 0.4) is 0 Å². The fourth-order valence-corrected chi connectivity index (χ4v) is 2.26. The molecule has 0 saturated heterocycles. The second kappa shape index (κ2) is 7.43. The molecule has 2 rings (SSSR count). The van der Waals surface area contributed by atoms with Crippen LogP contribution in [0.4, 0.5) is 0 Å². The van der Waals surface area contributed by atoms with Crippen LogP contribution in [0.25, 0.3) is 0 Å². The van der Waals surface area contributed by atoms with Gasteiger partial charge in [-0.05, 0) is 30.2 Å². The van der Waals surface area contributed by atoms with E-state index in [1.807, 2.05) is 54.6 Å². The molecule has 2 aromatic carbocycles. The predicted octanol–water partition coefficient (Wildman–Crippen LogP) is 2.76. The third-order valence-corrected chi connectivity index (χ3v) is 3.52. The Bertz CT molecular complexity index is 533. The number of rotatable bonds is 6. The number of halogens is 1. The maximum absolute atomic E-state index is 10.0. The fraction of sp³-hybridized carbons (Fsp3) is 0.250. The van der Waals surface area contributed by atoms with Crippen molar-refractivity contribution in [1.29, 1.82) is 0 Å². The monoisotopic (exact) mass is 335 g/mol. The van der Waals surface area contributed by atoms with Gasteiger partial charge < -0.3 is 15.6 Å². The van der Waals surface area contributed by atoms with Gasteiger partial charge in [-0.15, -0.1) is 0 Å². The summed E-state index contributed by atoms with van der Waals surface area (Å²) in [6.45, 7) is 0.185. The van der Waals surface area contributed by atoms with Crippen molar-refractivity contribution in [3.8, 4) is 5.75 Å². The maximum atomic E-state index is 10.0. The van der Waals surface area contributed by atoms with Gasteiger partial charge in [-0.1, -0.05) is 52.3 Å². The number of nitrogens with two attached hydrogens (primary N) is 1. The summed E-state index contributed by atoms with van der Waals surface area (Å²) in [7, 11) is 0. The van der Waals surface area contributed by atoms with Crippen LogP contribution in [-0.4, -0.2) is 23.9 Å². The first-order valence-electron chi connectivity index (χ1n) is 6.51. The molecule has 106 valence electrons. The number of benzene rings is 2. The van der Waals surface area contributed by atoms with Gasteiger partial charge in [0.1, 0.15) is 18.5 Å². The number of aliphatic hydroxyl groups excluding tert-OH is 1. The van der Waals surface area contributed by atoms with E-state index >= 15 is 0 Å². The number of hydrogen-bond acceptors (Lipinski definition) is 3. The molecule has 0 aromatic heterocycles. The number of ether oxygens (including phenoxy) is 1. The van der Waals surface area contributed by atoms with Crippen LogP contribution in [0.5, 0.6) is 5.75 Å². The van der Waals surface area contributed by atoms with Gasteiger partial charge in [0.25, 0.3) is 0 Å². The minimum atomic E-state index is -0.700. The Kier molecular flexibility index (Phi) is 5.59. The second-order valence-corrected chi connectivity index (χ2v) is 5.60. The molecule has 0 aliphatic rings. The van der Waals surface area contributed by atoms with Gasteiger partial charge in [0, 0.05) is 10.5 Å². The zero-order valence-corrected chi connectivity index (χ0v) is 12.7. The second-order valence-electron chi connectivity index (χ2n) is 4.69. The summed E-state index contributed by atoms with van der Waals surface area (Å²) in [4.78, 5) is 0. The van der Waals surface area contributed by atoms with Crippen molar-refractivity contribution in [1.82, 2.24) is 0 Å². The average molecular weight is 336 g/mol. The van der Waals surface area contributed by atoms with Crippen LogP contribution >= 0.6 is 15.9 Å². The van der Waals surface area contributed by atoms with E-state index in [2.05, 4.69) is 15.9 Å². The first-order chi connectivity index (χ1) is 9.65. The topological polar surface area (TPSA) is 55.5 Å². The lowest BCUT2D eigenvalue weighted by Crippen LogP contribution is -2.40. The lowest BCUT2D eigenvalue weighted by atomic mass is 10.0. The molecule has 0 aliphatic heterocycles. The molecule has 2 aromatic rings. The van der Waals surface area contributed by atoms with E-state index in [9.17, 15) is 5.11 Å². The van der Waals surface area contributed by atoms with E-state index in [1.54, 1.807) is 0 Å². The van der Waals surface area contributed by atoms with Gasteiger partial charge in [-0.3, -0.25) is 0 Å². The lowest BCUT2D eigenvalue weighted by molar-refractivity contribution is 0.0851. The highest BCUT2D eigenvalue weighted by Crippen LogP contribution is 2.18. The predicted molar refractivity (Wildman–Crippen MR) is 83.8 cm³/mol. The Balaban J connectivity index is 1.83. The first-order valence-corrected chi connectivity index (χ1v) is 7.30. The average Bonchev–Trinajstić information content (AvgIpc) is 2.46. The van der Waals surface area contributed by atoms with E-state index in [0.717, 1.165) is 10.0 Å². The van der Waals surface area contributed by atoms with Gasteiger partial charge in [-0.25, -0.2) is 0 Å². The van der Waals surface area contributed by atoms with E-state index < -0.39 is 6.10 Å². The smallest absolute Gasteiger partial charge is 0.120 e. The van der Waals surface area contributed by atoms with E-state index in [1.165, 1.54) is 0 Å². The Hall–Kier alpha value is -1.36. The molecule has 0 amide bonds. The highest BCUT2D eigenvalue weighted by molar-refractivity contribution is 9.10. The molecule has 0 saturated carbocycles. The van der Waals surface area contributed by atoms with Gasteiger partial charge in [0.2, 0.25) is 0 Å². The molecule has 2 unspecified atom stereocenters. The molecule has 0 aliphatic carbocycles. The van der Waals surface area contributed by atoms with E-state index in [-0.39, 0.29) is 12.6 Å². The Morgan fingerprint density at radius 3 is 2.55 bits per heavy atom. The minimum absolute atomic E-state index is 0.185. The third-order valence-electron chi connectivity index (χ3n) is 3.03. The molecule has 20 heavy (non-hydrogen) atoms. The van der Waals surface area contributed by atoms with Crippen molar-refractivity contribution in [3.05, 3.63) is 64.6 Å². The molecule has 2 atom stereocenters.